The molecule has 0 bridgehead atoms. The zero-order valence-corrected chi connectivity index (χ0v) is 13.4. The van der Waals surface area contributed by atoms with Gasteiger partial charge in [-0.1, -0.05) is 29.3 Å². The fourth-order valence-corrected chi connectivity index (χ4v) is 2.07. The van der Waals surface area contributed by atoms with Gasteiger partial charge in [-0.05, 0) is 24.6 Å². The molecule has 0 aromatic heterocycles. The Bertz CT molecular complexity index is 590. The molecule has 21 heavy (non-hydrogen) atoms. The third-order valence-corrected chi connectivity index (χ3v) is 3.12. The summed E-state index contributed by atoms with van der Waals surface area (Å²) >= 11 is 3.32. The van der Waals surface area contributed by atoms with E-state index in [0.717, 1.165) is 12.8 Å². The Morgan fingerprint density at radius 3 is 2.76 bits per heavy atom. The van der Waals surface area contributed by atoms with E-state index < -0.39 is 5.97 Å². The van der Waals surface area contributed by atoms with Gasteiger partial charge in [0, 0.05) is 10.0 Å². The Morgan fingerprint density at radius 2 is 2.24 bits per heavy atom. The van der Waals surface area contributed by atoms with Crippen LogP contribution in [0.4, 0.5) is 0 Å². The first-order valence-electron chi connectivity index (χ1n) is 6.38. The maximum absolute atomic E-state index is 11.0. The fourth-order valence-electron chi connectivity index (χ4n) is 1.62. The molecule has 0 unspecified atom stereocenters. The average molecular weight is 354 g/mol. The lowest BCUT2D eigenvalue weighted by molar-refractivity contribution is -0.132. The van der Waals surface area contributed by atoms with Gasteiger partial charge in [0.1, 0.15) is 11.6 Å². The van der Waals surface area contributed by atoms with Gasteiger partial charge in [-0.3, -0.25) is 0 Å². The number of nitriles is 1. The van der Waals surface area contributed by atoms with Crippen LogP contribution < -0.4 is 9.47 Å². The van der Waals surface area contributed by atoms with Crippen molar-refractivity contribution >= 4 is 28.0 Å². The minimum absolute atomic E-state index is 0.365. The third kappa shape index (κ3) is 4.80. The highest BCUT2D eigenvalue weighted by Gasteiger charge is 2.14. The number of hydrogen-bond donors (Lipinski definition) is 1. The van der Waals surface area contributed by atoms with Crippen LogP contribution in [0.5, 0.6) is 11.5 Å². The molecule has 1 rings (SSSR count). The number of halogens is 1. The molecule has 0 aliphatic carbocycles. The van der Waals surface area contributed by atoms with E-state index >= 15 is 0 Å². The van der Waals surface area contributed by atoms with E-state index in [2.05, 4.69) is 15.9 Å². The molecule has 0 saturated carbocycles. The van der Waals surface area contributed by atoms with Crippen LogP contribution >= 0.6 is 15.9 Å². The predicted octanol–water partition coefficient (Wildman–Crippen LogP) is 3.63. The molecule has 5 nitrogen and oxygen atoms in total. The Balaban J connectivity index is 3.31. The van der Waals surface area contributed by atoms with Gasteiger partial charge in [0.2, 0.25) is 0 Å². The lowest BCUT2D eigenvalue weighted by Crippen LogP contribution is -2.02. The van der Waals surface area contributed by atoms with Gasteiger partial charge >= 0.3 is 5.97 Å². The van der Waals surface area contributed by atoms with Crippen molar-refractivity contribution in [3.63, 3.8) is 0 Å². The zero-order valence-electron chi connectivity index (χ0n) is 11.9. The van der Waals surface area contributed by atoms with Crippen LogP contribution in [-0.2, 0) is 4.79 Å². The van der Waals surface area contributed by atoms with Crippen molar-refractivity contribution in [3.8, 4) is 17.6 Å². The van der Waals surface area contributed by atoms with Gasteiger partial charge in [-0.25, -0.2) is 4.79 Å². The van der Waals surface area contributed by atoms with Crippen LogP contribution in [0.15, 0.2) is 22.2 Å². The number of carboxylic acids is 1. The lowest BCUT2D eigenvalue weighted by atomic mass is 10.1. The molecule has 0 saturated heterocycles. The second-order valence-corrected chi connectivity index (χ2v) is 5.12. The average Bonchev–Trinajstić information content (AvgIpc) is 2.45. The molecule has 1 aromatic rings. The molecule has 0 atom stereocenters. The van der Waals surface area contributed by atoms with E-state index in [1.807, 2.05) is 6.92 Å². The standard InChI is InChI=1S/C15H16BrNO4/c1-3-4-5-21-14-10(6-11(9-17)15(18)19)7-12(16)8-13(14)20-2/h6-8H,3-5H2,1-2H3,(H,18,19). The number of ether oxygens (including phenoxy) is 2. The van der Waals surface area contributed by atoms with Crippen molar-refractivity contribution in [2.75, 3.05) is 13.7 Å². The molecule has 0 heterocycles. The minimum atomic E-state index is -1.28. The number of unbranched alkanes of at least 4 members (excludes halogenated alkanes) is 1. The van der Waals surface area contributed by atoms with Crippen molar-refractivity contribution < 1.29 is 19.4 Å². The maximum Gasteiger partial charge on any atom is 0.346 e. The van der Waals surface area contributed by atoms with Crippen molar-refractivity contribution in [2.24, 2.45) is 0 Å². The number of nitrogens with zero attached hydrogens (tertiary/aromatic N) is 1. The van der Waals surface area contributed by atoms with E-state index in [1.165, 1.54) is 13.2 Å². The summed E-state index contributed by atoms with van der Waals surface area (Å²) < 4.78 is 11.7. The Morgan fingerprint density at radius 1 is 1.52 bits per heavy atom. The quantitative estimate of drug-likeness (QED) is 0.460. The number of hydrogen-bond acceptors (Lipinski definition) is 4. The normalized spacial score (nSPS) is 10.9. The fraction of sp³-hybridized carbons (Fsp3) is 0.333. The second-order valence-electron chi connectivity index (χ2n) is 4.20. The number of aliphatic carboxylic acids is 1. The largest absolute Gasteiger partial charge is 0.493 e. The van der Waals surface area contributed by atoms with E-state index in [1.54, 1.807) is 18.2 Å². The molecule has 112 valence electrons. The van der Waals surface area contributed by atoms with E-state index in [4.69, 9.17) is 19.8 Å². The summed E-state index contributed by atoms with van der Waals surface area (Å²) in [6, 6.07) is 5.06. The highest BCUT2D eigenvalue weighted by molar-refractivity contribution is 9.10. The molecule has 0 fully saturated rings. The SMILES string of the molecule is CCCCOc1c(C=C(C#N)C(=O)O)cc(Br)cc1OC. The van der Waals surface area contributed by atoms with Gasteiger partial charge in [-0.15, -0.1) is 0 Å². The van der Waals surface area contributed by atoms with Crippen LogP contribution in [0, 0.1) is 11.3 Å². The smallest absolute Gasteiger partial charge is 0.346 e. The van der Waals surface area contributed by atoms with Crippen molar-refractivity contribution in [3.05, 3.63) is 27.7 Å². The number of benzene rings is 1. The van der Waals surface area contributed by atoms with E-state index in [0.29, 0.717) is 28.1 Å². The maximum atomic E-state index is 11.0. The molecule has 1 N–H and O–H groups in total. The van der Waals surface area contributed by atoms with Crippen LogP contribution in [0.2, 0.25) is 0 Å². The van der Waals surface area contributed by atoms with Crippen molar-refractivity contribution in [1.29, 1.82) is 5.26 Å². The summed E-state index contributed by atoms with van der Waals surface area (Å²) in [5.74, 6) is -0.367. The predicted molar refractivity (Wildman–Crippen MR) is 82.3 cm³/mol. The minimum Gasteiger partial charge on any atom is -0.493 e. The van der Waals surface area contributed by atoms with Crippen LogP contribution in [0.1, 0.15) is 25.3 Å². The first-order chi connectivity index (χ1) is 10.0. The first kappa shape index (κ1) is 17.1. The molecule has 1 aromatic carbocycles. The third-order valence-electron chi connectivity index (χ3n) is 2.66. The molecule has 0 aliphatic rings. The molecular weight excluding hydrogens is 338 g/mol. The summed E-state index contributed by atoms with van der Waals surface area (Å²) in [7, 11) is 1.50. The van der Waals surface area contributed by atoms with Gasteiger partial charge in [0.15, 0.2) is 11.5 Å². The highest BCUT2D eigenvalue weighted by atomic mass is 79.9. The van der Waals surface area contributed by atoms with Crippen molar-refractivity contribution in [2.45, 2.75) is 19.8 Å². The topological polar surface area (TPSA) is 79.5 Å². The van der Waals surface area contributed by atoms with Gasteiger partial charge in [-0.2, -0.15) is 5.26 Å². The Kier molecular flexibility index (Phi) is 6.76. The first-order valence-corrected chi connectivity index (χ1v) is 7.18. The van der Waals surface area contributed by atoms with Crippen LogP contribution in [0.3, 0.4) is 0 Å². The number of carboxylic acid groups (broad SMARTS) is 1. The van der Waals surface area contributed by atoms with Crippen LogP contribution in [-0.4, -0.2) is 24.8 Å². The Hall–Kier alpha value is -2.00. The highest BCUT2D eigenvalue weighted by Crippen LogP contribution is 2.36. The molecular formula is C15H16BrNO4. The molecule has 0 spiro atoms. The molecule has 6 heteroatoms. The number of methoxy groups -OCH3 is 1. The number of carbonyl (C=O) groups is 1. The van der Waals surface area contributed by atoms with Gasteiger partial charge in [0.25, 0.3) is 0 Å². The van der Waals surface area contributed by atoms with E-state index in [-0.39, 0.29) is 5.57 Å². The summed E-state index contributed by atoms with van der Waals surface area (Å²) in [6.45, 7) is 2.53. The number of rotatable bonds is 7. The van der Waals surface area contributed by atoms with E-state index in [9.17, 15) is 4.79 Å². The summed E-state index contributed by atoms with van der Waals surface area (Å²) in [6.07, 6.45) is 3.12. The molecule has 0 radical (unpaired) electrons. The lowest BCUT2D eigenvalue weighted by Gasteiger charge is -2.14. The van der Waals surface area contributed by atoms with Gasteiger partial charge in [0.05, 0.1) is 13.7 Å². The second kappa shape index (κ2) is 8.32. The van der Waals surface area contributed by atoms with Crippen LogP contribution in [0.25, 0.3) is 6.08 Å². The summed E-state index contributed by atoms with van der Waals surface area (Å²) in [5, 5.41) is 17.8. The van der Waals surface area contributed by atoms with Gasteiger partial charge < -0.3 is 14.6 Å². The zero-order chi connectivity index (χ0) is 15.8. The summed E-state index contributed by atoms with van der Waals surface area (Å²) in [5.41, 5.74) is 0.117. The van der Waals surface area contributed by atoms with Crippen molar-refractivity contribution in [1.82, 2.24) is 0 Å². The Labute approximate surface area is 131 Å². The monoisotopic (exact) mass is 353 g/mol. The molecule has 0 amide bonds. The summed E-state index contributed by atoms with van der Waals surface area (Å²) in [4.78, 5) is 11.0. The molecule has 0 aliphatic heterocycles.